The third-order valence-corrected chi connectivity index (χ3v) is 1.88. The van der Waals surface area contributed by atoms with Gasteiger partial charge in [0, 0.05) is 6.42 Å². The lowest BCUT2D eigenvalue weighted by Gasteiger charge is -2.09. The summed E-state index contributed by atoms with van der Waals surface area (Å²) < 4.78 is 39.5. The number of carboxylic acid groups (broad SMARTS) is 1. The second-order valence-electron chi connectivity index (χ2n) is 3.48. The Morgan fingerprint density at radius 1 is 1.28 bits per heavy atom. The number of carboxylic acids is 1. The van der Waals surface area contributed by atoms with Crippen LogP contribution in [0.3, 0.4) is 0 Å². The van der Waals surface area contributed by atoms with E-state index in [2.05, 4.69) is 4.74 Å². The van der Waals surface area contributed by atoms with Crippen molar-refractivity contribution in [3.8, 4) is 5.75 Å². The lowest BCUT2D eigenvalue weighted by molar-refractivity contribution is -0.274. The van der Waals surface area contributed by atoms with Crippen LogP contribution in [0.2, 0.25) is 0 Å². The van der Waals surface area contributed by atoms with Crippen LogP contribution in [-0.2, 0) is 16.0 Å². The van der Waals surface area contributed by atoms with Gasteiger partial charge in [-0.25, -0.2) is 0 Å². The number of alkyl halides is 3. The first kappa shape index (κ1) is 14.0. The molecule has 18 heavy (non-hydrogen) atoms. The van der Waals surface area contributed by atoms with E-state index < -0.39 is 30.3 Å². The molecule has 0 unspecified atom stereocenters. The van der Waals surface area contributed by atoms with E-state index in [1.807, 2.05) is 0 Å². The van der Waals surface area contributed by atoms with E-state index in [4.69, 9.17) is 5.11 Å². The summed E-state index contributed by atoms with van der Waals surface area (Å²) in [5, 5.41) is 8.38. The number of carbonyl (C=O) groups excluding carboxylic acids is 1. The number of hydrogen-bond donors (Lipinski definition) is 1. The lowest BCUT2D eigenvalue weighted by atomic mass is 10.1. The van der Waals surface area contributed by atoms with Crippen LogP contribution in [0.15, 0.2) is 24.3 Å². The highest BCUT2D eigenvalue weighted by atomic mass is 19.4. The first-order chi connectivity index (χ1) is 8.26. The summed E-state index contributed by atoms with van der Waals surface area (Å²) >= 11 is 0. The second-order valence-corrected chi connectivity index (χ2v) is 3.48. The number of aliphatic carboxylic acids is 1. The molecule has 0 heterocycles. The summed E-state index contributed by atoms with van der Waals surface area (Å²) in [5.74, 6) is -2.31. The van der Waals surface area contributed by atoms with Gasteiger partial charge in [-0.2, -0.15) is 0 Å². The van der Waals surface area contributed by atoms with Gasteiger partial charge in [0.1, 0.15) is 18.0 Å². The third-order valence-electron chi connectivity index (χ3n) is 1.88. The van der Waals surface area contributed by atoms with E-state index in [0.29, 0.717) is 0 Å². The first-order valence-corrected chi connectivity index (χ1v) is 4.84. The first-order valence-electron chi connectivity index (χ1n) is 4.84. The van der Waals surface area contributed by atoms with Gasteiger partial charge in [-0.3, -0.25) is 9.59 Å². The SMILES string of the molecule is O=C(O)CC(=O)Cc1cccc(OC(F)(F)F)c1. The van der Waals surface area contributed by atoms with Gasteiger partial charge in [0.05, 0.1) is 0 Å². The molecule has 0 aliphatic carbocycles. The molecule has 7 heteroatoms. The highest BCUT2D eigenvalue weighted by molar-refractivity contribution is 5.95. The van der Waals surface area contributed by atoms with Crippen LogP contribution in [0.4, 0.5) is 13.2 Å². The van der Waals surface area contributed by atoms with Gasteiger partial charge in [-0.05, 0) is 17.7 Å². The predicted molar refractivity (Wildman–Crippen MR) is 54.1 cm³/mol. The monoisotopic (exact) mass is 262 g/mol. The maximum Gasteiger partial charge on any atom is 0.573 e. The Morgan fingerprint density at radius 3 is 2.50 bits per heavy atom. The molecular weight excluding hydrogens is 253 g/mol. The van der Waals surface area contributed by atoms with Gasteiger partial charge in [-0.1, -0.05) is 12.1 Å². The minimum atomic E-state index is -4.80. The van der Waals surface area contributed by atoms with E-state index in [1.54, 1.807) is 0 Å². The zero-order valence-electron chi connectivity index (χ0n) is 9.03. The molecule has 0 bridgehead atoms. The molecule has 0 atom stereocenters. The smallest absolute Gasteiger partial charge is 0.481 e. The van der Waals surface area contributed by atoms with E-state index in [9.17, 15) is 22.8 Å². The second kappa shape index (κ2) is 5.52. The molecule has 4 nitrogen and oxygen atoms in total. The highest BCUT2D eigenvalue weighted by Gasteiger charge is 2.31. The maximum atomic E-state index is 11.9. The molecular formula is C11H9F3O4. The molecule has 98 valence electrons. The number of halogens is 3. The Hall–Kier alpha value is -2.05. The van der Waals surface area contributed by atoms with E-state index in [1.165, 1.54) is 12.1 Å². The fourth-order valence-corrected chi connectivity index (χ4v) is 1.31. The van der Waals surface area contributed by atoms with Crippen molar-refractivity contribution in [2.24, 2.45) is 0 Å². The van der Waals surface area contributed by atoms with Crippen molar-refractivity contribution >= 4 is 11.8 Å². The molecule has 1 N–H and O–H groups in total. The van der Waals surface area contributed by atoms with Crippen molar-refractivity contribution in [3.05, 3.63) is 29.8 Å². The third kappa shape index (κ3) is 5.33. The molecule has 0 spiro atoms. The summed E-state index contributed by atoms with van der Waals surface area (Å²) in [6.07, 6.45) is -5.71. The van der Waals surface area contributed by atoms with Gasteiger partial charge >= 0.3 is 12.3 Å². The minimum Gasteiger partial charge on any atom is -0.481 e. The van der Waals surface area contributed by atoms with E-state index in [0.717, 1.165) is 12.1 Å². The van der Waals surface area contributed by atoms with Crippen LogP contribution < -0.4 is 4.74 Å². The average molecular weight is 262 g/mol. The molecule has 0 aromatic heterocycles. The summed E-state index contributed by atoms with van der Waals surface area (Å²) in [7, 11) is 0. The largest absolute Gasteiger partial charge is 0.573 e. The van der Waals surface area contributed by atoms with Gasteiger partial charge in [0.2, 0.25) is 0 Å². The number of hydrogen-bond acceptors (Lipinski definition) is 3. The van der Waals surface area contributed by atoms with Crippen molar-refractivity contribution in [1.82, 2.24) is 0 Å². The van der Waals surface area contributed by atoms with Crippen molar-refractivity contribution < 1.29 is 32.6 Å². The number of rotatable bonds is 5. The molecule has 0 aliphatic heterocycles. The van der Waals surface area contributed by atoms with Crippen LogP contribution in [-0.4, -0.2) is 23.2 Å². The zero-order valence-corrected chi connectivity index (χ0v) is 9.03. The normalized spacial score (nSPS) is 11.1. The number of Topliss-reactive ketones (excluding diaryl/α,β-unsaturated/α-hetero) is 1. The Morgan fingerprint density at radius 2 is 1.94 bits per heavy atom. The van der Waals surface area contributed by atoms with Crippen molar-refractivity contribution in [3.63, 3.8) is 0 Å². The van der Waals surface area contributed by atoms with Crippen LogP contribution >= 0.6 is 0 Å². The number of ether oxygens (including phenoxy) is 1. The summed E-state index contributed by atoms with van der Waals surface area (Å²) in [6.45, 7) is 0. The standard InChI is InChI=1S/C11H9F3O4/c12-11(13,14)18-9-3-1-2-7(5-9)4-8(15)6-10(16)17/h1-3,5H,4,6H2,(H,16,17). The number of benzene rings is 1. The zero-order chi connectivity index (χ0) is 13.8. The van der Waals surface area contributed by atoms with Crippen molar-refractivity contribution in [2.45, 2.75) is 19.2 Å². The Bertz CT molecular complexity index is 454. The van der Waals surface area contributed by atoms with Crippen LogP contribution in [0.1, 0.15) is 12.0 Å². The average Bonchev–Trinajstić information content (AvgIpc) is 2.13. The van der Waals surface area contributed by atoms with Crippen LogP contribution in [0, 0.1) is 0 Å². The summed E-state index contributed by atoms with van der Waals surface area (Å²) in [4.78, 5) is 21.4. The van der Waals surface area contributed by atoms with Crippen LogP contribution in [0.25, 0.3) is 0 Å². The van der Waals surface area contributed by atoms with Gasteiger partial charge in [0.25, 0.3) is 0 Å². The van der Waals surface area contributed by atoms with Gasteiger partial charge in [-0.15, -0.1) is 13.2 Å². The van der Waals surface area contributed by atoms with Gasteiger partial charge in [0.15, 0.2) is 0 Å². The molecule has 0 radical (unpaired) electrons. The molecule has 1 aromatic rings. The topological polar surface area (TPSA) is 63.6 Å². The number of carbonyl (C=O) groups is 2. The van der Waals surface area contributed by atoms with Crippen molar-refractivity contribution in [1.29, 1.82) is 0 Å². The summed E-state index contributed by atoms with van der Waals surface area (Å²) in [6, 6.07) is 4.86. The van der Waals surface area contributed by atoms with E-state index in [-0.39, 0.29) is 12.0 Å². The number of ketones is 1. The van der Waals surface area contributed by atoms with Crippen molar-refractivity contribution in [2.75, 3.05) is 0 Å². The molecule has 1 rings (SSSR count). The Kier molecular flexibility index (Phi) is 4.30. The molecule has 0 amide bonds. The molecule has 0 aliphatic rings. The quantitative estimate of drug-likeness (QED) is 0.826. The van der Waals surface area contributed by atoms with E-state index >= 15 is 0 Å². The minimum absolute atomic E-state index is 0.249. The fourth-order valence-electron chi connectivity index (χ4n) is 1.31. The Balaban J connectivity index is 2.70. The molecule has 0 saturated carbocycles. The fraction of sp³-hybridized carbons (Fsp3) is 0.273. The predicted octanol–water partition coefficient (Wildman–Crippen LogP) is 2.17. The summed E-state index contributed by atoms with van der Waals surface area (Å²) in [5.41, 5.74) is 0.267. The van der Waals surface area contributed by atoms with Crippen LogP contribution in [0.5, 0.6) is 5.75 Å². The highest BCUT2D eigenvalue weighted by Crippen LogP contribution is 2.23. The lowest BCUT2D eigenvalue weighted by Crippen LogP contribution is -2.17. The molecule has 0 fully saturated rings. The van der Waals surface area contributed by atoms with Gasteiger partial charge < -0.3 is 9.84 Å². The Labute approximate surface area is 100.0 Å². The maximum absolute atomic E-state index is 11.9. The molecule has 1 aromatic carbocycles. The molecule has 0 saturated heterocycles.